The van der Waals surface area contributed by atoms with Crippen molar-refractivity contribution in [1.82, 2.24) is 15.3 Å². The van der Waals surface area contributed by atoms with E-state index in [0.29, 0.717) is 29.4 Å². The zero-order valence-electron chi connectivity index (χ0n) is 15.2. The van der Waals surface area contributed by atoms with Crippen molar-refractivity contribution >= 4 is 17.2 Å². The van der Waals surface area contributed by atoms with Gasteiger partial charge in [0.05, 0.1) is 33.6 Å². The average Bonchev–Trinajstić information content (AvgIpc) is 3.20. The fourth-order valence-electron chi connectivity index (χ4n) is 2.50. The number of nitrogens with zero attached hydrogens (tertiary/aromatic N) is 2. The smallest absolute Gasteiger partial charge is 0.251 e. The lowest BCUT2D eigenvalue weighted by Crippen LogP contribution is -2.23. The van der Waals surface area contributed by atoms with E-state index < -0.39 is 0 Å². The Balaban J connectivity index is 1.72. The van der Waals surface area contributed by atoms with Gasteiger partial charge in [-0.1, -0.05) is 0 Å². The highest BCUT2D eigenvalue weighted by Gasteiger charge is 2.17. The molecule has 140 valence electrons. The van der Waals surface area contributed by atoms with Crippen LogP contribution in [0.25, 0.3) is 10.6 Å². The van der Waals surface area contributed by atoms with Crippen molar-refractivity contribution in [1.29, 1.82) is 0 Å². The highest BCUT2D eigenvalue weighted by atomic mass is 32.1. The molecule has 0 bridgehead atoms. The first kappa shape index (κ1) is 18.7. The number of aromatic nitrogens is 2. The van der Waals surface area contributed by atoms with Crippen LogP contribution < -0.4 is 19.5 Å². The Morgan fingerprint density at radius 1 is 1.15 bits per heavy atom. The summed E-state index contributed by atoms with van der Waals surface area (Å²) >= 11 is 1.51. The van der Waals surface area contributed by atoms with Crippen LogP contribution in [0.3, 0.4) is 0 Å². The van der Waals surface area contributed by atoms with E-state index in [4.69, 9.17) is 14.2 Å². The normalized spacial score (nSPS) is 10.3. The number of hydrogen-bond acceptors (Lipinski definition) is 7. The highest BCUT2D eigenvalue weighted by Crippen LogP contribution is 2.38. The molecule has 27 heavy (non-hydrogen) atoms. The second-order valence-corrected chi connectivity index (χ2v) is 6.34. The van der Waals surface area contributed by atoms with E-state index in [1.807, 2.05) is 17.5 Å². The molecule has 0 spiro atoms. The lowest BCUT2D eigenvalue weighted by atomic mass is 10.1. The zero-order valence-corrected chi connectivity index (χ0v) is 16.0. The van der Waals surface area contributed by atoms with Crippen LogP contribution in [-0.2, 0) is 6.54 Å². The Hall–Kier alpha value is -3.13. The molecule has 0 aliphatic rings. The third kappa shape index (κ3) is 4.17. The molecule has 0 saturated heterocycles. The summed E-state index contributed by atoms with van der Waals surface area (Å²) in [6.07, 6.45) is 3.48. The average molecular weight is 385 g/mol. The first-order valence-corrected chi connectivity index (χ1v) is 8.97. The summed E-state index contributed by atoms with van der Waals surface area (Å²) in [6, 6.07) is 7.03. The number of hydrogen-bond donors (Lipinski definition) is 1. The minimum atomic E-state index is -0.259. The molecular formula is C19H19N3O4S. The fourth-order valence-corrected chi connectivity index (χ4v) is 3.31. The van der Waals surface area contributed by atoms with Crippen molar-refractivity contribution in [2.24, 2.45) is 0 Å². The van der Waals surface area contributed by atoms with Gasteiger partial charge in [0.2, 0.25) is 5.75 Å². The van der Waals surface area contributed by atoms with Gasteiger partial charge in [0.15, 0.2) is 11.5 Å². The first-order chi connectivity index (χ1) is 13.2. The summed E-state index contributed by atoms with van der Waals surface area (Å²) in [4.78, 5) is 21.2. The number of rotatable bonds is 7. The molecule has 3 rings (SSSR count). The number of carbonyl (C=O) groups is 1. The van der Waals surface area contributed by atoms with Gasteiger partial charge in [-0.05, 0) is 24.3 Å². The minimum Gasteiger partial charge on any atom is -0.493 e. The third-order valence-electron chi connectivity index (χ3n) is 3.82. The van der Waals surface area contributed by atoms with Gasteiger partial charge in [-0.25, -0.2) is 4.98 Å². The number of thiazole rings is 1. The second-order valence-electron chi connectivity index (χ2n) is 5.48. The zero-order chi connectivity index (χ0) is 19.2. The van der Waals surface area contributed by atoms with Crippen molar-refractivity contribution < 1.29 is 19.0 Å². The van der Waals surface area contributed by atoms with Crippen LogP contribution in [0.2, 0.25) is 0 Å². The maximum atomic E-state index is 12.5. The van der Waals surface area contributed by atoms with Crippen molar-refractivity contribution in [3.63, 3.8) is 0 Å². The highest BCUT2D eigenvalue weighted by molar-refractivity contribution is 7.13. The third-order valence-corrected chi connectivity index (χ3v) is 4.76. The van der Waals surface area contributed by atoms with E-state index in [-0.39, 0.29) is 5.91 Å². The molecule has 8 heteroatoms. The van der Waals surface area contributed by atoms with Crippen molar-refractivity contribution in [2.45, 2.75) is 6.54 Å². The van der Waals surface area contributed by atoms with Crippen LogP contribution >= 0.6 is 11.3 Å². The van der Waals surface area contributed by atoms with E-state index in [9.17, 15) is 4.79 Å². The molecule has 0 fully saturated rings. The standard InChI is InChI=1S/C19H19N3O4S/c1-24-15-7-13(8-16(25-2)17(15)26-3)18(23)21-10-14-11-27-19(22-14)12-5-4-6-20-9-12/h4-9,11H,10H2,1-3H3,(H,21,23). The molecule has 7 nitrogen and oxygen atoms in total. The van der Waals surface area contributed by atoms with Crippen molar-refractivity contribution in [3.8, 4) is 27.8 Å². The van der Waals surface area contributed by atoms with E-state index in [1.165, 1.54) is 32.7 Å². The molecular weight excluding hydrogens is 366 g/mol. The number of benzene rings is 1. The Bertz CT molecular complexity index is 903. The van der Waals surface area contributed by atoms with Gasteiger partial charge in [-0.3, -0.25) is 9.78 Å². The number of ether oxygens (including phenoxy) is 3. The van der Waals surface area contributed by atoms with Gasteiger partial charge in [0, 0.05) is 28.9 Å². The summed E-state index contributed by atoms with van der Waals surface area (Å²) < 4.78 is 15.8. The number of methoxy groups -OCH3 is 3. The van der Waals surface area contributed by atoms with E-state index in [1.54, 1.807) is 24.5 Å². The topological polar surface area (TPSA) is 82.6 Å². The van der Waals surface area contributed by atoms with Crippen molar-refractivity contribution in [2.75, 3.05) is 21.3 Å². The summed E-state index contributed by atoms with van der Waals surface area (Å²) in [5, 5.41) is 5.63. The van der Waals surface area contributed by atoms with Gasteiger partial charge in [0.1, 0.15) is 5.01 Å². The van der Waals surface area contributed by atoms with Crippen LogP contribution in [0, 0.1) is 0 Å². The quantitative estimate of drug-likeness (QED) is 0.673. The van der Waals surface area contributed by atoms with E-state index in [2.05, 4.69) is 15.3 Å². The molecule has 1 N–H and O–H groups in total. The summed E-state index contributed by atoms with van der Waals surface area (Å²) in [5.41, 5.74) is 2.14. The lowest BCUT2D eigenvalue weighted by Gasteiger charge is -2.13. The molecule has 2 aromatic heterocycles. The number of carbonyl (C=O) groups excluding carboxylic acids is 1. The molecule has 1 amide bonds. The first-order valence-electron chi connectivity index (χ1n) is 8.09. The fraction of sp³-hybridized carbons (Fsp3) is 0.211. The maximum Gasteiger partial charge on any atom is 0.251 e. The maximum absolute atomic E-state index is 12.5. The number of pyridine rings is 1. The second kappa shape index (κ2) is 8.50. The van der Waals surface area contributed by atoms with Crippen molar-refractivity contribution in [3.05, 3.63) is 53.3 Å². The summed E-state index contributed by atoms with van der Waals surface area (Å²) in [6.45, 7) is 0.312. The molecule has 1 aromatic carbocycles. The molecule has 0 saturated carbocycles. The Morgan fingerprint density at radius 3 is 2.48 bits per heavy atom. The molecule has 2 heterocycles. The Morgan fingerprint density at radius 2 is 1.89 bits per heavy atom. The van der Waals surface area contributed by atoms with Crippen LogP contribution in [0.15, 0.2) is 42.0 Å². The van der Waals surface area contributed by atoms with Gasteiger partial charge < -0.3 is 19.5 Å². The van der Waals surface area contributed by atoms with E-state index in [0.717, 1.165) is 16.3 Å². The Kier molecular flexibility index (Phi) is 5.87. The van der Waals surface area contributed by atoms with Crippen LogP contribution in [0.1, 0.15) is 16.1 Å². The van der Waals surface area contributed by atoms with Gasteiger partial charge >= 0.3 is 0 Å². The van der Waals surface area contributed by atoms with Gasteiger partial charge in [-0.2, -0.15) is 0 Å². The summed E-state index contributed by atoms with van der Waals surface area (Å²) in [5.74, 6) is 1.03. The van der Waals surface area contributed by atoms with Crippen LogP contribution in [0.5, 0.6) is 17.2 Å². The molecule has 0 aliphatic heterocycles. The lowest BCUT2D eigenvalue weighted by molar-refractivity contribution is 0.0949. The molecule has 0 atom stereocenters. The molecule has 0 unspecified atom stereocenters. The predicted molar refractivity (Wildman–Crippen MR) is 103 cm³/mol. The number of amides is 1. The monoisotopic (exact) mass is 385 g/mol. The van der Waals surface area contributed by atoms with Gasteiger partial charge in [-0.15, -0.1) is 11.3 Å². The molecule has 0 aliphatic carbocycles. The Labute approximate surface area is 161 Å². The predicted octanol–water partition coefficient (Wildman–Crippen LogP) is 3.16. The largest absolute Gasteiger partial charge is 0.493 e. The molecule has 3 aromatic rings. The van der Waals surface area contributed by atoms with E-state index >= 15 is 0 Å². The van der Waals surface area contributed by atoms with Gasteiger partial charge in [0.25, 0.3) is 5.91 Å². The number of nitrogens with one attached hydrogen (secondary N) is 1. The summed E-state index contributed by atoms with van der Waals surface area (Å²) in [7, 11) is 4.53. The molecule has 0 radical (unpaired) electrons. The SMILES string of the molecule is COc1cc(C(=O)NCc2csc(-c3cccnc3)n2)cc(OC)c1OC. The minimum absolute atomic E-state index is 0.259. The van der Waals surface area contributed by atoms with Crippen LogP contribution in [0.4, 0.5) is 0 Å². The van der Waals surface area contributed by atoms with Crippen LogP contribution in [-0.4, -0.2) is 37.2 Å².